The van der Waals surface area contributed by atoms with E-state index in [4.69, 9.17) is 15.3 Å². The van der Waals surface area contributed by atoms with E-state index in [2.05, 4.69) is 0 Å². The number of hydrogen-bond donors (Lipinski definition) is 0. The van der Waals surface area contributed by atoms with Crippen LogP contribution in [0, 0.1) is 56.7 Å². The fraction of sp³-hybridized carbons (Fsp3) is 0.0357. The third kappa shape index (κ3) is 4.76. The highest BCUT2D eigenvalue weighted by molar-refractivity contribution is 7.17. The highest BCUT2D eigenvalue weighted by atomic mass is 32.1. The van der Waals surface area contributed by atoms with Gasteiger partial charge in [-0.05, 0) is 54.6 Å². The lowest BCUT2D eigenvalue weighted by molar-refractivity contribution is 0.413. The summed E-state index contributed by atoms with van der Waals surface area (Å²) in [6, 6.07) is 28.2. The third-order valence-corrected chi connectivity index (χ3v) is 7.48. The van der Waals surface area contributed by atoms with Gasteiger partial charge in [0.05, 0.1) is 39.5 Å². The Kier molecular flexibility index (Phi) is 7.30. The first kappa shape index (κ1) is 24.7. The van der Waals surface area contributed by atoms with Crippen LogP contribution in [-0.2, 0) is 0 Å². The normalized spacial score (nSPS) is 9.62. The molecule has 174 valence electrons. The molecule has 4 rings (SSSR count). The first-order chi connectivity index (χ1) is 18.1. The van der Waals surface area contributed by atoms with E-state index in [0.29, 0.717) is 10.6 Å². The molecular formula is C28H14N6OS2. The lowest BCUT2D eigenvalue weighted by atomic mass is 10.1. The molecule has 0 fully saturated rings. The Hall–Kier alpha value is -5.37. The highest BCUT2D eigenvalue weighted by Gasteiger charge is 2.20. The number of allylic oxidation sites excluding steroid dienone is 3. The minimum absolute atomic E-state index is 0.0239. The lowest BCUT2D eigenvalue weighted by Gasteiger charge is -2.15. The van der Waals surface area contributed by atoms with E-state index in [1.165, 1.54) is 22.7 Å². The largest absolute Gasteiger partial charge is 0.495 e. The zero-order chi connectivity index (χ0) is 26.4. The van der Waals surface area contributed by atoms with Gasteiger partial charge in [0.1, 0.15) is 47.2 Å². The number of methoxy groups -OCH3 is 1. The molecule has 0 unspecified atom stereocenters. The summed E-state index contributed by atoms with van der Waals surface area (Å²) in [6.45, 7) is 0. The van der Waals surface area contributed by atoms with Crippen molar-refractivity contribution in [2.75, 3.05) is 7.11 Å². The molecule has 37 heavy (non-hydrogen) atoms. The Labute approximate surface area is 221 Å². The zero-order valence-electron chi connectivity index (χ0n) is 19.3. The van der Waals surface area contributed by atoms with Crippen LogP contribution in [-0.4, -0.2) is 11.7 Å². The molecule has 9 heteroatoms. The van der Waals surface area contributed by atoms with E-state index >= 15 is 0 Å². The predicted molar refractivity (Wildman–Crippen MR) is 142 cm³/mol. The van der Waals surface area contributed by atoms with Crippen LogP contribution in [0.3, 0.4) is 0 Å². The van der Waals surface area contributed by atoms with Crippen LogP contribution in [0.1, 0.15) is 9.75 Å². The van der Waals surface area contributed by atoms with Crippen molar-refractivity contribution < 1.29 is 4.74 Å². The Morgan fingerprint density at radius 3 is 2.03 bits per heavy atom. The number of para-hydroxylation sites is 2. The van der Waals surface area contributed by atoms with Crippen LogP contribution >= 0.6 is 22.7 Å². The van der Waals surface area contributed by atoms with Gasteiger partial charge >= 0.3 is 0 Å². The quantitative estimate of drug-likeness (QED) is 0.263. The fourth-order valence-corrected chi connectivity index (χ4v) is 5.67. The number of hydrogen-bond acceptors (Lipinski definition) is 8. The van der Waals surface area contributed by atoms with Crippen LogP contribution in [0.15, 0.2) is 71.8 Å². The topological polar surface area (TPSA) is 133 Å². The average molecular weight is 515 g/mol. The Bertz CT molecular complexity index is 1750. The van der Waals surface area contributed by atoms with Crippen LogP contribution in [0.25, 0.3) is 38.5 Å². The average Bonchev–Trinajstić information content (AvgIpc) is 3.69. The molecule has 3 aromatic heterocycles. The Morgan fingerprint density at radius 2 is 1.41 bits per heavy atom. The van der Waals surface area contributed by atoms with Gasteiger partial charge in [-0.2, -0.15) is 26.3 Å². The van der Waals surface area contributed by atoms with Gasteiger partial charge in [0.2, 0.25) is 0 Å². The van der Waals surface area contributed by atoms with Gasteiger partial charge in [0.15, 0.2) is 0 Å². The third-order valence-electron chi connectivity index (χ3n) is 5.30. The van der Waals surface area contributed by atoms with E-state index in [1.54, 1.807) is 31.4 Å². The fourth-order valence-electron chi connectivity index (χ4n) is 3.68. The molecule has 3 heterocycles. The van der Waals surface area contributed by atoms with Crippen LogP contribution in [0.4, 0.5) is 0 Å². The van der Waals surface area contributed by atoms with E-state index in [9.17, 15) is 15.8 Å². The maximum Gasteiger partial charge on any atom is 0.148 e. The van der Waals surface area contributed by atoms with Crippen molar-refractivity contribution in [3.05, 3.63) is 81.6 Å². The molecular weight excluding hydrogens is 500 g/mol. The summed E-state index contributed by atoms with van der Waals surface area (Å²) in [4.78, 5) is 3.02. The van der Waals surface area contributed by atoms with E-state index < -0.39 is 0 Å². The number of nitrogens with zero attached hydrogens (tertiary/aromatic N) is 6. The molecule has 0 radical (unpaired) electrons. The summed E-state index contributed by atoms with van der Waals surface area (Å²) in [6.07, 6.45) is 1.55. The van der Waals surface area contributed by atoms with Gasteiger partial charge in [-0.3, -0.25) is 0 Å². The lowest BCUT2D eigenvalue weighted by Crippen LogP contribution is -2.00. The standard InChI is InChI=1S/C28H14N6OS2/c1-35-25-5-3-2-4-22(25)34-23(27-9-6-20(36-27)12-18(13-29)14-30)7-8-24(34)28-11-10-26(37-28)21(17-33)19(15-31)16-32/h2-12H,1H3. The second-order valence-corrected chi connectivity index (χ2v) is 9.54. The summed E-state index contributed by atoms with van der Waals surface area (Å²) in [5, 5.41) is 46.3. The molecule has 0 spiro atoms. The molecule has 0 amide bonds. The summed E-state index contributed by atoms with van der Waals surface area (Å²) in [5.41, 5.74) is 2.31. The summed E-state index contributed by atoms with van der Waals surface area (Å²) in [7, 11) is 1.60. The van der Waals surface area contributed by atoms with Crippen molar-refractivity contribution in [2.24, 2.45) is 0 Å². The Morgan fingerprint density at radius 1 is 0.757 bits per heavy atom. The molecule has 0 atom stereocenters. The Balaban J connectivity index is 1.92. The van der Waals surface area contributed by atoms with E-state index in [1.807, 2.05) is 77.4 Å². The molecule has 0 aliphatic carbocycles. The van der Waals surface area contributed by atoms with Crippen LogP contribution in [0.5, 0.6) is 5.75 Å². The molecule has 0 aliphatic rings. The molecule has 1 aromatic carbocycles. The molecule has 4 aromatic rings. The summed E-state index contributed by atoms with van der Waals surface area (Å²) in [5.74, 6) is 0.653. The maximum atomic E-state index is 9.58. The van der Waals surface area contributed by atoms with Gasteiger partial charge in [-0.1, -0.05) is 12.1 Å². The van der Waals surface area contributed by atoms with Crippen molar-refractivity contribution >= 4 is 34.3 Å². The van der Waals surface area contributed by atoms with Gasteiger partial charge in [-0.25, -0.2) is 0 Å². The van der Waals surface area contributed by atoms with Gasteiger partial charge in [-0.15, -0.1) is 22.7 Å². The predicted octanol–water partition coefficient (Wildman–Crippen LogP) is 6.70. The van der Waals surface area contributed by atoms with Crippen molar-refractivity contribution in [1.82, 2.24) is 4.57 Å². The van der Waals surface area contributed by atoms with Crippen molar-refractivity contribution in [3.63, 3.8) is 0 Å². The number of ether oxygens (including phenoxy) is 1. The minimum atomic E-state index is -0.232. The van der Waals surface area contributed by atoms with Gasteiger partial charge < -0.3 is 9.30 Å². The number of nitriles is 5. The SMILES string of the molecule is COc1ccccc1-n1c(-c2ccc(C=C(C#N)C#N)s2)ccc1-c1ccc(C(C#N)=C(C#N)C#N)s1. The first-order valence-corrected chi connectivity index (χ1v) is 12.2. The molecule has 0 bridgehead atoms. The summed E-state index contributed by atoms with van der Waals surface area (Å²) >= 11 is 2.75. The number of thiophene rings is 2. The van der Waals surface area contributed by atoms with Gasteiger partial charge in [0.25, 0.3) is 0 Å². The van der Waals surface area contributed by atoms with Crippen molar-refractivity contribution in [2.45, 2.75) is 0 Å². The smallest absolute Gasteiger partial charge is 0.148 e. The van der Waals surface area contributed by atoms with Crippen LogP contribution < -0.4 is 4.74 Å². The number of rotatable bonds is 6. The minimum Gasteiger partial charge on any atom is -0.495 e. The van der Waals surface area contributed by atoms with Gasteiger partial charge in [0, 0.05) is 9.75 Å². The van der Waals surface area contributed by atoms with E-state index in [-0.39, 0.29) is 16.7 Å². The van der Waals surface area contributed by atoms with Crippen LogP contribution in [0.2, 0.25) is 0 Å². The highest BCUT2D eigenvalue weighted by Crippen LogP contribution is 2.41. The van der Waals surface area contributed by atoms with E-state index in [0.717, 1.165) is 31.7 Å². The number of benzene rings is 1. The molecule has 0 N–H and O–H groups in total. The maximum absolute atomic E-state index is 9.58. The number of aromatic nitrogens is 1. The molecule has 0 saturated carbocycles. The van der Waals surface area contributed by atoms with Crippen molar-refractivity contribution in [1.29, 1.82) is 26.3 Å². The summed E-state index contributed by atoms with van der Waals surface area (Å²) < 4.78 is 7.68. The molecule has 0 aliphatic heterocycles. The molecule has 7 nitrogen and oxygen atoms in total. The zero-order valence-corrected chi connectivity index (χ0v) is 20.9. The first-order valence-electron chi connectivity index (χ1n) is 10.6. The second kappa shape index (κ2) is 10.9. The second-order valence-electron chi connectivity index (χ2n) is 7.34. The molecule has 0 saturated heterocycles. The monoisotopic (exact) mass is 514 g/mol. The van der Waals surface area contributed by atoms with Crippen molar-refractivity contribution in [3.8, 4) is 62.9 Å².